The Balaban J connectivity index is 1.93. The number of rotatable bonds is 3. The number of urea groups is 1. The topological polar surface area (TPSA) is 72.9 Å². The van der Waals surface area contributed by atoms with Crippen LogP contribution in [-0.2, 0) is 0 Å². The molecule has 0 atom stereocenters. The molecule has 0 aliphatic carbocycles. The maximum Gasteiger partial charge on any atom is 0.316 e. The number of nitrogens with two attached hydrogens (primary N) is 1. The van der Waals surface area contributed by atoms with Crippen LogP contribution in [0.1, 0.15) is 0 Å². The number of nitrogens with zero attached hydrogens (tertiary/aromatic N) is 2. The van der Waals surface area contributed by atoms with Crippen LogP contribution in [0.3, 0.4) is 0 Å². The first-order valence-electron chi connectivity index (χ1n) is 6.49. The summed E-state index contributed by atoms with van der Waals surface area (Å²) in [5.74, 6) is 0. The Hall–Kier alpha value is -3.08. The van der Waals surface area contributed by atoms with Gasteiger partial charge in [0.15, 0.2) is 0 Å². The summed E-state index contributed by atoms with van der Waals surface area (Å²) in [6, 6.07) is 17.5. The number of anilines is 1. The molecule has 2 amide bonds. The summed E-state index contributed by atoms with van der Waals surface area (Å²) in [5, 5.41) is 6.72. The normalized spacial score (nSPS) is 10.3. The third kappa shape index (κ3) is 2.92. The van der Waals surface area contributed by atoms with Gasteiger partial charge in [-0.05, 0) is 23.3 Å². The molecule has 0 unspecified atom stereocenters. The third-order valence-electron chi connectivity index (χ3n) is 3.07. The zero-order valence-electron chi connectivity index (χ0n) is 11.2. The van der Waals surface area contributed by atoms with E-state index in [-0.39, 0.29) is 0 Å². The monoisotopic (exact) mass is 278 g/mol. The van der Waals surface area contributed by atoms with E-state index in [0.29, 0.717) is 5.69 Å². The van der Waals surface area contributed by atoms with E-state index in [2.05, 4.69) is 22.5 Å². The molecule has 3 rings (SSSR count). The average molecular weight is 278 g/mol. The highest BCUT2D eigenvalue weighted by atomic mass is 16.2. The molecule has 3 N–H and O–H groups in total. The highest BCUT2D eigenvalue weighted by Crippen LogP contribution is 2.22. The molecular formula is C16H14N4O. The lowest BCUT2D eigenvalue weighted by Crippen LogP contribution is -2.18. The van der Waals surface area contributed by atoms with E-state index < -0.39 is 6.03 Å². The van der Waals surface area contributed by atoms with Gasteiger partial charge in [-0.1, -0.05) is 42.5 Å². The largest absolute Gasteiger partial charge is 0.351 e. The first-order valence-corrected chi connectivity index (χ1v) is 6.49. The Morgan fingerprint density at radius 3 is 2.57 bits per heavy atom. The van der Waals surface area contributed by atoms with Gasteiger partial charge in [-0.25, -0.2) is 9.48 Å². The van der Waals surface area contributed by atoms with Gasteiger partial charge in [-0.15, -0.1) is 0 Å². The number of hydrogen-bond donors (Lipinski definition) is 2. The Labute approximate surface area is 122 Å². The van der Waals surface area contributed by atoms with Crippen molar-refractivity contribution in [3.63, 3.8) is 0 Å². The lowest BCUT2D eigenvalue weighted by atomic mass is 10.1. The molecule has 2 aromatic carbocycles. The maximum absolute atomic E-state index is 10.8. The molecule has 104 valence electrons. The first-order chi connectivity index (χ1) is 10.2. The molecule has 3 aromatic rings. The van der Waals surface area contributed by atoms with Crippen molar-refractivity contribution in [3.8, 4) is 16.8 Å². The molecule has 0 bridgehead atoms. The molecule has 1 heterocycles. The number of benzene rings is 2. The van der Waals surface area contributed by atoms with Gasteiger partial charge in [-0.2, -0.15) is 5.10 Å². The summed E-state index contributed by atoms with van der Waals surface area (Å²) in [6.45, 7) is 0. The Morgan fingerprint density at radius 2 is 1.81 bits per heavy atom. The first kappa shape index (κ1) is 12.9. The fraction of sp³-hybridized carbons (Fsp3) is 0. The quantitative estimate of drug-likeness (QED) is 0.773. The van der Waals surface area contributed by atoms with Gasteiger partial charge in [0.2, 0.25) is 0 Å². The number of amides is 2. The molecule has 5 heteroatoms. The number of aromatic nitrogens is 2. The van der Waals surface area contributed by atoms with Crippen molar-refractivity contribution in [1.29, 1.82) is 0 Å². The third-order valence-corrected chi connectivity index (χ3v) is 3.07. The van der Waals surface area contributed by atoms with E-state index in [0.717, 1.165) is 16.8 Å². The number of hydrogen-bond acceptors (Lipinski definition) is 2. The van der Waals surface area contributed by atoms with Gasteiger partial charge in [0, 0.05) is 0 Å². The van der Waals surface area contributed by atoms with Crippen LogP contribution in [0, 0.1) is 0 Å². The average Bonchev–Trinajstić information content (AvgIpc) is 2.96. The zero-order valence-corrected chi connectivity index (χ0v) is 11.2. The van der Waals surface area contributed by atoms with Crippen LogP contribution < -0.4 is 11.1 Å². The van der Waals surface area contributed by atoms with Crippen molar-refractivity contribution in [3.05, 3.63) is 67.0 Å². The SMILES string of the molecule is NC(=O)Nc1cnn(-c2cccc(-c3ccccc3)c2)c1. The summed E-state index contributed by atoms with van der Waals surface area (Å²) in [7, 11) is 0. The molecule has 0 aliphatic rings. The van der Waals surface area contributed by atoms with E-state index in [1.807, 2.05) is 42.5 Å². The summed E-state index contributed by atoms with van der Waals surface area (Å²) in [6.07, 6.45) is 3.27. The van der Waals surface area contributed by atoms with Crippen molar-refractivity contribution in [2.45, 2.75) is 0 Å². The predicted molar refractivity (Wildman–Crippen MR) is 82.2 cm³/mol. The Bertz CT molecular complexity index is 765. The second-order valence-electron chi connectivity index (χ2n) is 4.58. The molecule has 21 heavy (non-hydrogen) atoms. The predicted octanol–water partition coefficient (Wildman–Crippen LogP) is 3.03. The number of primary amides is 1. The van der Waals surface area contributed by atoms with Crippen LogP contribution >= 0.6 is 0 Å². The van der Waals surface area contributed by atoms with Gasteiger partial charge < -0.3 is 11.1 Å². The van der Waals surface area contributed by atoms with E-state index in [9.17, 15) is 4.79 Å². The lowest BCUT2D eigenvalue weighted by Gasteiger charge is -2.05. The molecule has 0 aliphatic heterocycles. The van der Waals surface area contributed by atoms with Gasteiger partial charge in [0.25, 0.3) is 0 Å². The van der Waals surface area contributed by atoms with Crippen molar-refractivity contribution < 1.29 is 4.79 Å². The van der Waals surface area contributed by atoms with Crippen molar-refractivity contribution in [2.75, 3.05) is 5.32 Å². The van der Waals surface area contributed by atoms with Crippen LogP contribution in [0.4, 0.5) is 10.5 Å². The molecule has 5 nitrogen and oxygen atoms in total. The summed E-state index contributed by atoms with van der Waals surface area (Å²) < 4.78 is 1.69. The number of nitrogens with one attached hydrogen (secondary N) is 1. The smallest absolute Gasteiger partial charge is 0.316 e. The minimum absolute atomic E-state index is 0.563. The summed E-state index contributed by atoms with van der Waals surface area (Å²) in [4.78, 5) is 10.8. The molecule has 0 radical (unpaired) electrons. The minimum atomic E-state index is -0.604. The fourth-order valence-electron chi connectivity index (χ4n) is 2.13. The fourth-order valence-corrected chi connectivity index (χ4v) is 2.13. The van der Waals surface area contributed by atoms with Gasteiger partial charge in [-0.3, -0.25) is 0 Å². The van der Waals surface area contributed by atoms with Gasteiger partial charge in [0.1, 0.15) is 0 Å². The minimum Gasteiger partial charge on any atom is -0.351 e. The molecule has 1 aromatic heterocycles. The van der Waals surface area contributed by atoms with E-state index >= 15 is 0 Å². The zero-order chi connectivity index (χ0) is 14.7. The Kier molecular flexibility index (Phi) is 3.39. The highest BCUT2D eigenvalue weighted by molar-refractivity contribution is 5.87. The molecule has 0 spiro atoms. The van der Waals surface area contributed by atoms with Crippen molar-refractivity contribution >= 4 is 11.7 Å². The van der Waals surface area contributed by atoms with Gasteiger partial charge in [0.05, 0.1) is 23.8 Å². The van der Waals surface area contributed by atoms with E-state index in [1.54, 1.807) is 17.1 Å². The molecule has 0 saturated carbocycles. The molecule has 0 fully saturated rings. The lowest BCUT2D eigenvalue weighted by molar-refractivity contribution is 0.259. The van der Waals surface area contributed by atoms with Crippen LogP contribution in [0.2, 0.25) is 0 Å². The van der Waals surface area contributed by atoms with E-state index in [1.165, 1.54) is 0 Å². The van der Waals surface area contributed by atoms with Crippen molar-refractivity contribution in [2.24, 2.45) is 5.73 Å². The Morgan fingerprint density at radius 1 is 1.05 bits per heavy atom. The number of carbonyl (C=O) groups is 1. The standard InChI is InChI=1S/C16H14N4O/c17-16(21)19-14-10-18-20(11-14)15-8-4-7-13(9-15)12-5-2-1-3-6-12/h1-11H,(H3,17,19,21). The van der Waals surface area contributed by atoms with Crippen LogP contribution in [-0.4, -0.2) is 15.8 Å². The van der Waals surface area contributed by atoms with Crippen LogP contribution in [0.15, 0.2) is 67.0 Å². The second-order valence-corrected chi connectivity index (χ2v) is 4.58. The molecular weight excluding hydrogens is 264 g/mol. The summed E-state index contributed by atoms with van der Waals surface area (Å²) >= 11 is 0. The maximum atomic E-state index is 10.8. The van der Waals surface area contributed by atoms with Crippen LogP contribution in [0.25, 0.3) is 16.8 Å². The molecule has 0 saturated heterocycles. The highest BCUT2D eigenvalue weighted by Gasteiger charge is 2.04. The van der Waals surface area contributed by atoms with Crippen molar-refractivity contribution in [1.82, 2.24) is 9.78 Å². The summed E-state index contributed by atoms with van der Waals surface area (Å²) in [5.41, 5.74) is 8.80. The van der Waals surface area contributed by atoms with E-state index in [4.69, 9.17) is 5.73 Å². The second kappa shape index (κ2) is 5.50. The number of carbonyl (C=O) groups excluding carboxylic acids is 1. The van der Waals surface area contributed by atoms with Crippen LogP contribution in [0.5, 0.6) is 0 Å². The van der Waals surface area contributed by atoms with Gasteiger partial charge >= 0.3 is 6.03 Å².